The van der Waals surface area contributed by atoms with Crippen molar-refractivity contribution in [2.75, 3.05) is 6.26 Å². The average Bonchev–Trinajstić information content (AvgIpc) is 1.88. The van der Waals surface area contributed by atoms with Crippen LogP contribution in [0.5, 0.6) is 0 Å². The van der Waals surface area contributed by atoms with Gasteiger partial charge in [-0.3, -0.25) is 4.78 Å². The van der Waals surface area contributed by atoms with E-state index in [2.05, 4.69) is 4.98 Å². The molecule has 0 saturated carbocycles. The van der Waals surface area contributed by atoms with Crippen molar-refractivity contribution in [1.82, 2.24) is 4.98 Å². The molecule has 0 spiro atoms. The van der Waals surface area contributed by atoms with Gasteiger partial charge in [0.25, 0.3) is 0 Å². The summed E-state index contributed by atoms with van der Waals surface area (Å²) in [7, 11) is -0.458. The van der Waals surface area contributed by atoms with E-state index in [1.165, 1.54) is 0 Å². The number of pyridine rings is 1. The van der Waals surface area contributed by atoms with Crippen molar-refractivity contribution in [2.24, 2.45) is 0 Å². The molecule has 0 radical (unpaired) electrons. The maximum absolute atomic E-state index is 7.33. The van der Waals surface area contributed by atoms with Crippen molar-refractivity contribution >= 4 is 22.3 Å². The highest BCUT2D eigenvalue weighted by atomic mass is 35.5. The molecule has 0 aliphatic rings. The molecule has 0 fully saturated rings. The first kappa shape index (κ1) is 7.69. The Bertz CT molecular complexity index is 244. The topological polar surface area (TPSA) is 36.7 Å². The maximum atomic E-state index is 7.33. The second-order valence-corrected chi connectivity index (χ2v) is 3.71. The predicted molar refractivity (Wildman–Crippen MR) is 43.5 cm³/mol. The fourth-order valence-corrected chi connectivity index (χ4v) is 1.14. The van der Waals surface area contributed by atoms with Gasteiger partial charge >= 0.3 is 0 Å². The normalized spacial score (nSPS) is 13.0. The number of nitrogens with zero attached hydrogens (tertiary/aromatic N) is 1. The van der Waals surface area contributed by atoms with Gasteiger partial charge < -0.3 is 0 Å². The van der Waals surface area contributed by atoms with Crippen molar-refractivity contribution < 1.29 is 0 Å². The molecule has 1 N–H and O–H groups in total. The number of hydrogen-bond acceptors (Lipinski definition) is 2. The minimum atomic E-state index is -0.458. The molecule has 0 aliphatic heterocycles. The van der Waals surface area contributed by atoms with Crippen LogP contribution in [-0.4, -0.2) is 11.2 Å². The molecule has 10 heavy (non-hydrogen) atoms. The minimum Gasteiger partial charge on any atom is -0.276 e. The largest absolute Gasteiger partial charge is 0.276 e. The molecule has 0 unspecified atom stereocenters. The number of nitrogens with one attached hydrogen (secondary N) is 1. The summed E-state index contributed by atoms with van der Waals surface area (Å²) in [5, 5.41) is 0.481. The predicted octanol–water partition coefficient (Wildman–Crippen LogP) is 2.10. The molecule has 1 aromatic rings. The van der Waals surface area contributed by atoms with Crippen molar-refractivity contribution in [3.63, 3.8) is 0 Å². The molecule has 0 saturated heterocycles. The highest BCUT2D eigenvalue weighted by molar-refractivity contribution is 7.85. The third-order valence-electron chi connectivity index (χ3n) is 1.05. The number of aromatic nitrogens is 1. The van der Waals surface area contributed by atoms with E-state index < -0.39 is 10.7 Å². The Kier molecular flexibility index (Phi) is 2.40. The molecule has 0 bridgehead atoms. The van der Waals surface area contributed by atoms with Gasteiger partial charge in [0, 0.05) is 11.1 Å². The molecule has 4 heteroatoms. The lowest BCUT2D eigenvalue weighted by molar-refractivity contribution is 1.23. The van der Waals surface area contributed by atoms with E-state index in [4.69, 9.17) is 16.4 Å². The van der Waals surface area contributed by atoms with Crippen LogP contribution < -0.4 is 0 Å². The molecular weight excluding hydrogens is 168 g/mol. The Labute approximate surface area is 67.1 Å². The van der Waals surface area contributed by atoms with Crippen LogP contribution in [-0.2, 0) is 10.7 Å². The van der Waals surface area contributed by atoms with Gasteiger partial charge in [0.05, 0.1) is 0 Å². The smallest absolute Gasteiger partial charge is 0.129 e. The minimum absolute atomic E-state index is 0.458. The summed E-state index contributed by atoms with van der Waals surface area (Å²) < 4.78 is 7.33. The van der Waals surface area contributed by atoms with Crippen LogP contribution in [0.3, 0.4) is 0 Å². The van der Waals surface area contributed by atoms with Gasteiger partial charge in [-0.1, -0.05) is 22.3 Å². The Morgan fingerprint density at radius 3 is 2.70 bits per heavy atom. The molecule has 0 amide bonds. The van der Waals surface area contributed by atoms with E-state index in [1.807, 2.05) is 12.3 Å². The lowest BCUT2D eigenvalue weighted by atomic mass is 10.5. The van der Waals surface area contributed by atoms with Gasteiger partial charge in [-0.2, -0.15) is 0 Å². The van der Waals surface area contributed by atoms with Crippen LogP contribution in [0, 0.1) is 4.78 Å². The van der Waals surface area contributed by atoms with E-state index in [-0.39, 0.29) is 0 Å². The fraction of sp³-hybridized carbons (Fsp3) is 0.167. The van der Waals surface area contributed by atoms with Gasteiger partial charge in [0.2, 0.25) is 0 Å². The number of rotatable bonds is 1. The van der Waals surface area contributed by atoms with E-state index in [9.17, 15) is 0 Å². The lowest BCUT2D eigenvalue weighted by Crippen LogP contribution is -1.85. The maximum Gasteiger partial charge on any atom is 0.129 e. The molecule has 1 heterocycles. The Balaban J connectivity index is 3.00. The van der Waals surface area contributed by atoms with Gasteiger partial charge in [-0.05, 0) is 18.4 Å². The molecule has 0 aliphatic carbocycles. The number of hydrogen-bond donors (Lipinski definition) is 1. The van der Waals surface area contributed by atoms with Crippen LogP contribution in [0.15, 0.2) is 23.2 Å². The van der Waals surface area contributed by atoms with Crippen LogP contribution in [0.2, 0.25) is 5.15 Å². The third-order valence-corrected chi connectivity index (χ3v) is 2.23. The zero-order valence-corrected chi connectivity index (χ0v) is 7.04. The van der Waals surface area contributed by atoms with Crippen LogP contribution in [0.1, 0.15) is 0 Å². The summed E-state index contributed by atoms with van der Waals surface area (Å²) in [4.78, 5) is 4.77. The third kappa shape index (κ3) is 1.78. The first-order chi connectivity index (χ1) is 4.70. The SMILES string of the molecule is C[S@@](=N)c1ccc(Cl)nc1. The zero-order chi connectivity index (χ0) is 7.56. The number of halogens is 1. The molecule has 1 atom stereocenters. The quantitative estimate of drug-likeness (QED) is 0.651. The summed E-state index contributed by atoms with van der Waals surface area (Å²) in [6.45, 7) is 0. The summed E-state index contributed by atoms with van der Waals surface area (Å²) >= 11 is 5.55. The van der Waals surface area contributed by atoms with E-state index >= 15 is 0 Å². The lowest BCUT2D eigenvalue weighted by Gasteiger charge is -1.95. The van der Waals surface area contributed by atoms with Gasteiger partial charge in [0.1, 0.15) is 5.15 Å². The second kappa shape index (κ2) is 3.12. The molecule has 0 aromatic carbocycles. The fourth-order valence-electron chi connectivity index (χ4n) is 0.543. The van der Waals surface area contributed by atoms with Gasteiger partial charge in [0.15, 0.2) is 0 Å². The summed E-state index contributed by atoms with van der Waals surface area (Å²) in [5.41, 5.74) is 0. The monoisotopic (exact) mass is 174 g/mol. The highest BCUT2D eigenvalue weighted by Crippen LogP contribution is 2.07. The van der Waals surface area contributed by atoms with Crippen molar-refractivity contribution in [3.05, 3.63) is 23.5 Å². The van der Waals surface area contributed by atoms with E-state index in [0.29, 0.717) is 5.15 Å². The van der Waals surface area contributed by atoms with Crippen LogP contribution in [0.4, 0.5) is 0 Å². The standard InChI is InChI=1S/C6H7ClN2S/c1-10(8)5-2-3-6(7)9-4-5/h2-4,8H,1H3/t10-/m1/s1. The average molecular weight is 175 g/mol. The second-order valence-electron chi connectivity index (χ2n) is 1.83. The molecule has 1 rings (SSSR count). The first-order valence-corrected chi connectivity index (χ1v) is 4.70. The molecular formula is C6H7ClN2S. The molecule has 1 aromatic heterocycles. The van der Waals surface area contributed by atoms with Crippen molar-refractivity contribution in [3.8, 4) is 0 Å². The Hall–Kier alpha value is -0.410. The van der Waals surface area contributed by atoms with Crippen molar-refractivity contribution in [2.45, 2.75) is 4.90 Å². The van der Waals surface area contributed by atoms with E-state index in [1.54, 1.807) is 12.3 Å². The summed E-state index contributed by atoms with van der Waals surface area (Å²) in [5.74, 6) is 0. The van der Waals surface area contributed by atoms with Gasteiger partial charge in [-0.25, -0.2) is 4.98 Å². The van der Waals surface area contributed by atoms with Gasteiger partial charge in [-0.15, -0.1) is 0 Å². The summed E-state index contributed by atoms with van der Waals surface area (Å²) in [6, 6.07) is 3.53. The molecule has 54 valence electrons. The molecule has 2 nitrogen and oxygen atoms in total. The summed E-state index contributed by atoms with van der Waals surface area (Å²) in [6.07, 6.45) is 3.46. The Morgan fingerprint density at radius 1 is 1.60 bits per heavy atom. The zero-order valence-electron chi connectivity index (χ0n) is 5.47. The van der Waals surface area contributed by atoms with Crippen molar-refractivity contribution in [1.29, 1.82) is 4.78 Å². The Morgan fingerprint density at radius 2 is 2.30 bits per heavy atom. The van der Waals surface area contributed by atoms with Crippen LogP contribution >= 0.6 is 11.6 Å². The van der Waals surface area contributed by atoms with E-state index in [0.717, 1.165) is 4.90 Å². The highest BCUT2D eigenvalue weighted by Gasteiger charge is 1.92. The van der Waals surface area contributed by atoms with Crippen LogP contribution in [0.25, 0.3) is 0 Å². The first-order valence-electron chi connectivity index (χ1n) is 2.69.